The van der Waals surface area contributed by atoms with E-state index in [4.69, 9.17) is 11.6 Å². The number of rotatable bonds is 2. The Morgan fingerprint density at radius 3 is 2.53 bits per heavy atom. The summed E-state index contributed by atoms with van der Waals surface area (Å²) in [5.41, 5.74) is 4.49. The third-order valence-electron chi connectivity index (χ3n) is 3.03. The van der Waals surface area contributed by atoms with Gasteiger partial charge in [0.25, 0.3) is 0 Å². The van der Waals surface area contributed by atoms with E-state index in [0.717, 1.165) is 21.8 Å². The van der Waals surface area contributed by atoms with E-state index in [1.54, 1.807) is 0 Å². The van der Waals surface area contributed by atoms with E-state index in [1.165, 1.54) is 5.56 Å². The highest BCUT2D eigenvalue weighted by atomic mass is 35.5. The molecule has 0 unspecified atom stereocenters. The maximum atomic E-state index is 5.90. The fourth-order valence-electron chi connectivity index (χ4n) is 2.03. The molecule has 0 saturated heterocycles. The summed E-state index contributed by atoms with van der Waals surface area (Å²) >= 11 is 5.90. The van der Waals surface area contributed by atoms with Gasteiger partial charge in [0.1, 0.15) is 0 Å². The number of nitrogens with zero attached hydrogens (tertiary/aromatic N) is 2. The highest BCUT2D eigenvalue weighted by Crippen LogP contribution is 2.22. The van der Waals surface area contributed by atoms with Crippen molar-refractivity contribution >= 4 is 11.6 Å². The maximum absolute atomic E-state index is 5.90. The molecule has 3 heteroatoms. The van der Waals surface area contributed by atoms with Crippen molar-refractivity contribution in [3.8, 4) is 16.8 Å². The Labute approximate surface area is 117 Å². The summed E-state index contributed by atoms with van der Waals surface area (Å²) in [7, 11) is 0. The molecule has 0 N–H and O–H groups in total. The highest BCUT2D eigenvalue weighted by molar-refractivity contribution is 6.30. The van der Waals surface area contributed by atoms with Crippen LogP contribution in [-0.4, -0.2) is 9.78 Å². The van der Waals surface area contributed by atoms with Crippen LogP contribution in [0.5, 0.6) is 0 Å². The van der Waals surface area contributed by atoms with Crippen molar-refractivity contribution in [1.82, 2.24) is 9.78 Å². The van der Waals surface area contributed by atoms with Crippen LogP contribution in [0.25, 0.3) is 16.8 Å². The maximum Gasteiger partial charge on any atom is 0.0648 e. The Kier molecular flexibility index (Phi) is 3.10. The van der Waals surface area contributed by atoms with Gasteiger partial charge >= 0.3 is 0 Å². The number of aryl methyl sites for hydroxylation is 1. The standard InChI is InChI=1S/C16H13ClN2/c1-12-3-2-4-16(9-12)19-11-14(10-18-19)13-5-7-15(17)8-6-13/h2-11H,1H3. The lowest BCUT2D eigenvalue weighted by atomic mass is 10.1. The van der Waals surface area contributed by atoms with Gasteiger partial charge in [0, 0.05) is 16.8 Å². The minimum Gasteiger partial charge on any atom is -0.240 e. The first-order chi connectivity index (χ1) is 9.22. The van der Waals surface area contributed by atoms with Crippen LogP contribution in [0.15, 0.2) is 60.9 Å². The number of aromatic nitrogens is 2. The summed E-state index contributed by atoms with van der Waals surface area (Å²) in [6.45, 7) is 2.08. The van der Waals surface area contributed by atoms with Crippen molar-refractivity contribution in [2.45, 2.75) is 6.92 Å². The van der Waals surface area contributed by atoms with Crippen LogP contribution in [0.3, 0.4) is 0 Å². The molecule has 2 nitrogen and oxygen atoms in total. The number of benzene rings is 2. The lowest BCUT2D eigenvalue weighted by Gasteiger charge is -2.01. The Hall–Kier alpha value is -2.06. The van der Waals surface area contributed by atoms with Crippen molar-refractivity contribution in [1.29, 1.82) is 0 Å². The molecule has 3 aromatic rings. The van der Waals surface area contributed by atoms with E-state index in [-0.39, 0.29) is 0 Å². The molecule has 1 heterocycles. The van der Waals surface area contributed by atoms with E-state index in [9.17, 15) is 0 Å². The largest absolute Gasteiger partial charge is 0.240 e. The van der Waals surface area contributed by atoms with E-state index < -0.39 is 0 Å². The quantitative estimate of drug-likeness (QED) is 0.669. The molecule has 0 bridgehead atoms. The van der Waals surface area contributed by atoms with Gasteiger partial charge in [-0.2, -0.15) is 5.10 Å². The van der Waals surface area contributed by atoms with Gasteiger partial charge in [0.15, 0.2) is 0 Å². The minimum absolute atomic E-state index is 0.745. The molecule has 94 valence electrons. The van der Waals surface area contributed by atoms with Crippen LogP contribution in [0.1, 0.15) is 5.56 Å². The summed E-state index contributed by atoms with van der Waals surface area (Å²) in [4.78, 5) is 0. The molecular weight excluding hydrogens is 256 g/mol. The van der Waals surface area contributed by atoms with E-state index in [1.807, 2.05) is 53.5 Å². The van der Waals surface area contributed by atoms with Crippen LogP contribution in [-0.2, 0) is 0 Å². The molecule has 0 saturated carbocycles. The van der Waals surface area contributed by atoms with Gasteiger partial charge in [-0.15, -0.1) is 0 Å². The smallest absolute Gasteiger partial charge is 0.0648 e. The summed E-state index contributed by atoms with van der Waals surface area (Å²) in [5, 5.41) is 5.16. The fourth-order valence-corrected chi connectivity index (χ4v) is 2.15. The second kappa shape index (κ2) is 4.90. The molecule has 0 spiro atoms. The zero-order valence-electron chi connectivity index (χ0n) is 10.5. The van der Waals surface area contributed by atoms with Crippen LogP contribution in [0, 0.1) is 6.92 Å². The van der Waals surface area contributed by atoms with Crippen molar-refractivity contribution in [2.24, 2.45) is 0 Å². The number of halogens is 1. The Morgan fingerprint density at radius 2 is 1.79 bits per heavy atom. The predicted molar refractivity (Wildman–Crippen MR) is 78.7 cm³/mol. The molecule has 1 aromatic heterocycles. The Morgan fingerprint density at radius 1 is 1.00 bits per heavy atom. The van der Waals surface area contributed by atoms with E-state index >= 15 is 0 Å². The monoisotopic (exact) mass is 268 g/mol. The molecule has 3 rings (SSSR count). The zero-order chi connectivity index (χ0) is 13.2. The third-order valence-corrected chi connectivity index (χ3v) is 3.28. The molecule has 0 atom stereocenters. The minimum atomic E-state index is 0.745. The van der Waals surface area contributed by atoms with Crippen LogP contribution < -0.4 is 0 Å². The Bertz CT molecular complexity index is 699. The first kappa shape index (κ1) is 12.0. The lowest BCUT2D eigenvalue weighted by molar-refractivity contribution is 0.879. The highest BCUT2D eigenvalue weighted by Gasteiger charge is 2.03. The first-order valence-corrected chi connectivity index (χ1v) is 6.48. The van der Waals surface area contributed by atoms with Crippen molar-refractivity contribution in [2.75, 3.05) is 0 Å². The zero-order valence-corrected chi connectivity index (χ0v) is 11.3. The van der Waals surface area contributed by atoms with Gasteiger partial charge in [-0.3, -0.25) is 0 Å². The summed E-state index contributed by atoms with van der Waals surface area (Å²) < 4.78 is 1.89. The second-order valence-corrected chi connectivity index (χ2v) is 4.96. The second-order valence-electron chi connectivity index (χ2n) is 4.52. The van der Waals surface area contributed by atoms with Gasteiger partial charge in [-0.05, 0) is 42.3 Å². The third kappa shape index (κ3) is 2.54. The van der Waals surface area contributed by atoms with Gasteiger partial charge < -0.3 is 0 Å². The van der Waals surface area contributed by atoms with Crippen molar-refractivity contribution < 1.29 is 0 Å². The molecule has 0 aliphatic heterocycles. The van der Waals surface area contributed by atoms with E-state index in [0.29, 0.717) is 0 Å². The number of hydrogen-bond donors (Lipinski definition) is 0. The van der Waals surface area contributed by atoms with Gasteiger partial charge in [0.05, 0.1) is 11.9 Å². The van der Waals surface area contributed by atoms with Gasteiger partial charge in [-0.25, -0.2) is 4.68 Å². The van der Waals surface area contributed by atoms with Crippen LogP contribution >= 0.6 is 11.6 Å². The molecule has 2 aromatic carbocycles. The lowest BCUT2D eigenvalue weighted by Crippen LogP contribution is -1.93. The number of hydrogen-bond acceptors (Lipinski definition) is 1. The van der Waals surface area contributed by atoms with Crippen molar-refractivity contribution in [3.63, 3.8) is 0 Å². The average Bonchev–Trinajstić information content (AvgIpc) is 2.89. The first-order valence-electron chi connectivity index (χ1n) is 6.10. The average molecular weight is 269 g/mol. The molecule has 19 heavy (non-hydrogen) atoms. The van der Waals surface area contributed by atoms with Gasteiger partial charge in [0.2, 0.25) is 0 Å². The van der Waals surface area contributed by atoms with Crippen molar-refractivity contribution in [3.05, 3.63) is 71.5 Å². The molecule has 0 aliphatic carbocycles. The van der Waals surface area contributed by atoms with Crippen LogP contribution in [0.2, 0.25) is 5.02 Å². The molecular formula is C16H13ClN2. The van der Waals surface area contributed by atoms with Crippen LogP contribution in [0.4, 0.5) is 0 Å². The topological polar surface area (TPSA) is 17.8 Å². The summed E-state index contributed by atoms with van der Waals surface area (Å²) in [6, 6.07) is 16.0. The van der Waals surface area contributed by atoms with E-state index in [2.05, 4.69) is 24.2 Å². The van der Waals surface area contributed by atoms with Gasteiger partial charge in [-0.1, -0.05) is 35.9 Å². The summed E-state index contributed by atoms with van der Waals surface area (Å²) in [5.74, 6) is 0. The normalized spacial score (nSPS) is 10.6. The SMILES string of the molecule is Cc1cccc(-n2cc(-c3ccc(Cl)cc3)cn2)c1. The predicted octanol–water partition coefficient (Wildman–Crippen LogP) is 4.50. The molecule has 0 fully saturated rings. The fraction of sp³-hybridized carbons (Fsp3) is 0.0625. The molecule has 0 radical (unpaired) electrons. The summed E-state index contributed by atoms with van der Waals surface area (Å²) in [6.07, 6.45) is 3.89. The Balaban J connectivity index is 1.97. The molecule has 0 amide bonds. The molecule has 0 aliphatic rings.